The van der Waals surface area contributed by atoms with Gasteiger partial charge < -0.3 is 20.5 Å². The molecule has 1 aromatic carbocycles. The van der Waals surface area contributed by atoms with Crippen molar-refractivity contribution in [1.82, 2.24) is 5.32 Å². The van der Waals surface area contributed by atoms with Crippen LogP contribution >= 0.6 is 24.0 Å². The summed E-state index contributed by atoms with van der Waals surface area (Å²) in [4.78, 5) is 4.50. The van der Waals surface area contributed by atoms with Crippen molar-refractivity contribution >= 4 is 29.9 Å². The lowest BCUT2D eigenvalue weighted by atomic mass is 9.96. The molecule has 0 aliphatic heterocycles. The van der Waals surface area contributed by atoms with Crippen LogP contribution in [0.5, 0.6) is 5.75 Å². The Morgan fingerprint density at radius 2 is 2.00 bits per heavy atom. The Morgan fingerprint density at radius 1 is 1.24 bits per heavy atom. The minimum absolute atomic E-state index is 0. The van der Waals surface area contributed by atoms with Gasteiger partial charge >= 0.3 is 0 Å². The van der Waals surface area contributed by atoms with E-state index in [0.717, 1.165) is 17.7 Å². The highest BCUT2D eigenvalue weighted by Gasteiger charge is 2.13. The van der Waals surface area contributed by atoms with Crippen molar-refractivity contribution in [3.05, 3.63) is 29.3 Å². The molecule has 25 heavy (non-hydrogen) atoms. The number of rotatable bonds is 8. The first-order valence-corrected chi connectivity index (χ1v) is 8.96. The molecular weight excluding hydrogens is 429 g/mol. The number of guanidine groups is 1. The second kappa shape index (κ2) is 12.4. The number of aryl methyl sites for hydroxylation is 1. The lowest BCUT2D eigenvalue weighted by Gasteiger charge is -2.23. The smallest absolute Gasteiger partial charge is 0.189 e. The minimum atomic E-state index is 0. The van der Waals surface area contributed by atoms with Crippen molar-refractivity contribution in [2.45, 2.75) is 58.0 Å². The van der Waals surface area contributed by atoms with Crippen molar-refractivity contribution in [2.75, 3.05) is 20.3 Å². The lowest BCUT2D eigenvalue weighted by Crippen LogP contribution is -2.41. The number of halogens is 1. The summed E-state index contributed by atoms with van der Waals surface area (Å²) in [5, 5.41) is 3.35. The van der Waals surface area contributed by atoms with E-state index in [1.165, 1.54) is 37.7 Å². The summed E-state index contributed by atoms with van der Waals surface area (Å²) >= 11 is 0. The molecule has 1 saturated carbocycles. The third kappa shape index (κ3) is 8.27. The maximum Gasteiger partial charge on any atom is 0.189 e. The van der Waals surface area contributed by atoms with Gasteiger partial charge in [0.25, 0.3) is 0 Å². The van der Waals surface area contributed by atoms with E-state index in [2.05, 4.69) is 35.4 Å². The van der Waals surface area contributed by atoms with Crippen LogP contribution in [0.15, 0.2) is 23.2 Å². The molecule has 1 fully saturated rings. The molecule has 0 spiro atoms. The Kier molecular flexibility index (Phi) is 10.9. The molecule has 0 amide bonds. The average Bonchev–Trinajstić information content (AvgIpc) is 2.59. The van der Waals surface area contributed by atoms with Crippen LogP contribution in [-0.2, 0) is 11.3 Å². The third-order valence-electron chi connectivity index (χ3n) is 4.35. The molecule has 1 aliphatic carbocycles. The van der Waals surface area contributed by atoms with Crippen molar-refractivity contribution in [2.24, 2.45) is 10.7 Å². The average molecular weight is 461 g/mol. The van der Waals surface area contributed by atoms with Gasteiger partial charge in [-0.25, -0.2) is 4.99 Å². The van der Waals surface area contributed by atoms with E-state index in [1.54, 1.807) is 7.11 Å². The van der Waals surface area contributed by atoms with Crippen LogP contribution in [0.4, 0.5) is 0 Å². The van der Waals surface area contributed by atoms with E-state index in [0.29, 0.717) is 31.8 Å². The summed E-state index contributed by atoms with van der Waals surface area (Å²) < 4.78 is 11.0. The lowest BCUT2D eigenvalue weighted by molar-refractivity contribution is 0.172. The predicted molar refractivity (Wildman–Crippen MR) is 114 cm³/mol. The fraction of sp³-hybridized carbons (Fsp3) is 0.632. The van der Waals surface area contributed by atoms with Gasteiger partial charge in [0.2, 0.25) is 0 Å². The fourth-order valence-electron chi connectivity index (χ4n) is 2.98. The molecule has 0 saturated heterocycles. The Bertz CT molecular complexity index is 531. The molecule has 0 heterocycles. The largest absolute Gasteiger partial charge is 0.493 e. The molecule has 3 N–H and O–H groups in total. The van der Waals surface area contributed by atoms with Gasteiger partial charge in [0.1, 0.15) is 5.75 Å². The standard InChI is InChI=1S/C19H31N3O2.HI/c1-15-9-10-16(18(13-15)24-12-6-11-23-2)14-21-19(20)22-17-7-4-3-5-8-17;/h9-10,13,17H,3-8,11-12,14H2,1-2H3,(H3,20,21,22);1H. The fourth-order valence-corrected chi connectivity index (χ4v) is 2.98. The number of benzene rings is 1. The number of nitrogens with zero attached hydrogens (tertiary/aromatic N) is 1. The Morgan fingerprint density at radius 3 is 2.72 bits per heavy atom. The number of nitrogens with two attached hydrogens (primary N) is 1. The summed E-state index contributed by atoms with van der Waals surface area (Å²) in [5.41, 5.74) is 8.29. The number of nitrogens with one attached hydrogen (secondary N) is 1. The van der Waals surface area contributed by atoms with Gasteiger partial charge in [0.05, 0.1) is 13.2 Å². The van der Waals surface area contributed by atoms with Gasteiger partial charge in [-0.05, 0) is 31.4 Å². The molecule has 0 radical (unpaired) electrons. The zero-order valence-corrected chi connectivity index (χ0v) is 17.8. The molecule has 1 aliphatic rings. The minimum Gasteiger partial charge on any atom is -0.493 e. The maximum atomic E-state index is 6.05. The zero-order valence-electron chi connectivity index (χ0n) is 15.4. The Labute approximate surface area is 168 Å². The molecule has 0 unspecified atom stereocenters. The van der Waals surface area contributed by atoms with E-state index in [1.807, 2.05) is 0 Å². The number of hydrogen-bond donors (Lipinski definition) is 2. The molecule has 142 valence electrons. The SMILES string of the molecule is COCCCOc1cc(C)ccc1CN=C(N)NC1CCCCC1.I. The number of aliphatic imine (C=N–C) groups is 1. The Hall–Kier alpha value is -1.02. The van der Waals surface area contributed by atoms with Crippen molar-refractivity contribution in [1.29, 1.82) is 0 Å². The molecular formula is C19H32IN3O2. The van der Waals surface area contributed by atoms with E-state index in [4.69, 9.17) is 15.2 Å². The molecule has 0 aromatic heterocycles. The summed E-state index contributed by atoms with van der Waals surface area (Å²) in [6, 6.07) is 6.68. The highest BCUT2D eigenvalue weighted by Crippen LogP contribution is 2.22. The van der Waals surface area contributed by atoms with Gasteiger partial charge in [-0.1, -0.05) is 31.4 Å². The van der Waals surface area contributed by atoms with Gasteiger partial charge in [-0.15, -0.1) is 24.0 Å². The van der Waals surface area contributed by atoms with Gasteiger partial charge in [0, 0.05) is 31.7 Å². The van der Waals surface area contributed by atoms with Crippen molar-refractivity contribution < 1.29 is 9.47 Å². The predicted octanol–water partition coefficient (Wildman–Crippen LogP) is 3.77. The Balaban J connectivity index is 0.00000312. The second-order valence-corrected chi connectivity index (χ2v) is 6.49. The maximum absolute atomic E-state index is 6.05. The summed E-state index contributed by atoms with van der Waals surface area (Å²) in [5.74, 6) is 1.42. The van der Waals surface area contributed by atoms with Crippen LogP contribution in [-0.4, -0.2) is 32.3 Å². The molecule has 0 bridgehead atoms. The van der Waals surface area contributed by atoms with Crippen LogP contribution < -0.4 is 15.8 Å². The summed E-state index contributed by atoms with van der Waals surface area (Å²) in [7, 11) is 1.70. The zero-order chi connectivity index (χ0) is 17.2. The highest BCUT2D eigenvalue weighted by atomic mass is 127. The molecule has 0 atom stereocenters. The van der Waals surface area contributed by atoms with Gasteiger partial charge in [0.15, 0.2) is 5.96 Å². The monoisotopic (exact) mass is 461 g/mol. The first-order chi connectivity index (χ1) is 11.7. The van der Waals surface area contributed by atoms with E-state index in [9.17, 15) is 0 Å². The third-order valence-corrected chi connectivity index (χ3v) is 4.35. The van der Waals surface area contributed by atoms with E-state index < -0.39 is 0 Å². The van der Waals surface area contributed by atoms with Crippen LogP contribution in [0, 0.1) is 6.92 Å². The number of methoxy groups -OCH3 is 1. The van der Waals surface area contributed by atoms with Gasteiger partial charge in [-0.3, -0.25) is 0 Å². The number of ether oxygens (including phenoxy) is 2. The van der Waals surface area contributed by atoms with Gasteiger partial charge in [-0.2, -0.15) is 0 Å². The normalized spacial score (nSPS) is 15.5. The summed E-state index contributed by atoms with van der Waals surface area (Å²) in [6.45, 7) is 3.95. The highest BCUT2D eigenvalue weighted by molar-refractivity contribution is 14.0. The number of hydrogen-bond acceptors (Lipinski definition) is 3. The van der Waals surface area contributed by atoms with Crippen LogP contribution in [0.1, 0.15) is 49.7 Å². The molecule has 2 rings (SSSR count). The van der Waals surface area contributed by atoms with E-state index >= 15 is 0 Å². The van der Waals surface area contributed by atoms with E-state index in [-0.39, 0.29) is 24.0 Å². The van der Waals surface area contributed by atoms with Crippen LogP contribution in [0.3, 0.4) is 0 Å². The molecule has 5 nitrogen and oxygen atoms in total. The first kappa shape index (κ1) is 22.0. The van der Waals surface area contributed by atoms with Crippen LogP contribution in [0.2, 0.25) is 0 Å². The second-order valence-electron chi connectivity index (χ2n) is 6.49. The first-order valence-electron chi connectivity index (χ1n) is 8.96. The van der Waals surface area contributed by atoms with Crippen LogP contribution in [0.25, 0.3) is 0 Å². The molecule has 6 heteroatoms. The summed E-state index contributed by atoms with van der Waals surface area (Å²) in [6.07, 6.45) is 7.15. The quantitative estimate of drug-likeness (QED) is 0.268. The van der Waals surface area contributed by atoms with Crippen molar-refractivity contribution in [3.63, 3.8) is 0 Å². The topological polar surface area (TPSA) is 68.9 Å². The van der Waals surface area contributed by atoms with Crippen molar-refractivity contribution in [3.8, 4) is 5.75 Å². The molecule has 1 aromatic rings.